The minimum Gasteiger partial charge on any atom is -0.381 e. The van der Waals surface area contributed by atoms with Crippen LogP contribution in [0.25, 0.3) is 0 Å². The van der Waals surface area contributed by atoms with Gasteiger partial charge in [-0.1, -0.05) is 6.07 Å². The summed E-state index contributed by atoms with van der Waals surface area (Å²) in [5.74, 6) is 0.389. The molecule has 1 aromatic rings. The van der Waals surface area contributed by atoms with E-state index in [2.05, 4.69) is 4.98 Å². The van der Waals surface area contributed by atoms with Gasteiger partial charge in [0.15, 0.2) is 0 Å². The molecule has 0 spiro atoms. The predicted molar refractivity (Wildman–Crippen MR) is 72.6 cm³/mol. The summed E-state index contributed by atoms with van der Waals surface area (Å²) in [4.78, 5) is 18.1. The summed E-state index contributed by atoms with van der Waals surface area (Å²) in [6, 6.07) is 3.58. The maximum absolute atomic E-state index is 12.2. The number of carbonyl (C=O) groups is 1. The topological polar surface area (TPSA) is 68.5 Å². The van der Waals surface area contributed by atoms with Crippen LogP contribution in [0.1, 0.15) is 28.9 Å². The van der Waals surface area contributed by atoms with Gasteiger partial charge in [-0.2, -0.15) is 0 Å². The van der Waals surface area contributed by atoms with Crippen LogP contribution in [0.15, 0.2) is 18.3 Å². The summed E-state index contributed by atoms with van der Waals surface area (Å²) in [7, 11) is 1.81. The van der Waals surface area contributed by atoms with Crippen LogP contribution in [-0.4, -0.2) is 42.6 Å². The third-order valence-corrected chi connectivity index (χ3v) is 3.41. The third-order valence-electron chi connectivity index (χ3n) is 3.41. The molecule has 0 radical (unpaired) electrons. The first-order chi connectivity index (χ1) is 9.20. The molecule has 0 aromatic carbocycles. The predicted octanol–water partition coefficient (Wildman–Crippen LogP) is 1.04. The highest BCUT2D eigenvalue weighted by atomic mass is 16.5. The van der Waals surface area contributed by atoms with Gasteiger partial charge in [0, 0.05) is 32.9 Å². The Morgan fingerprint density at radius 2 is 2.42 bits per heavy atom. The highest BCUT2D eigenvalue weighted by molar-refractivity contribution is 5.92. The van der Waals surface area contributed by atoms with E-state index in [1.807, 2.05) is 13.1 Å². The van der Waals surface area contributed by atoms with Gasteiger partial charge < -0.3 is 15.4 Å². The van der Waals surface area contributed by atoms with Gasteiger partial charge in [-0.3, -0.25) is 9.78 Å². The molecule has 19 heavy (non-hydrogen) atoms. The van der Waals surface area contributed by atoms with E-state index in [9.17, 15) is 4.79 Å². The lowest BCUT2D eigenvalue weighted by molar-refractivity contribution is 0.0387. The van der Waals surface area contributed by atoms with Crippen molar-refractivity contribution < 1.29 is 9.53 Å². The molecule has 1 atom stereocenters. The Morgan fingerprint density at radius 1 is 1.58 bits per heavy atom. The van der Waals surface area contributed by atoms with Gasteiger partial charge in [-0.05, 0) is 30.4 Å². The molecule has 1 aliphatic heterocycles. The van der Waals surface area contributed by atoms with E-state index in [4.69, 9.17) is 10.5 Å². The van der Waals surface area contributed by atoms with E-state index in [0.717, 1.165) is 38.2 Å². The van der Waals surface area contributed by atoms with Gasteiger partial charge >= 0.3 is 0 Å². The number of aromatic nitrogens is 1. The normalized spacial score (nSPS) is 19.2. The van der Waals surface area contributed by atoms with Crippen molar-refractivity contribution in [2.75, 3.05) is 26.8 Å². The lowest BCUT2D eigenvalue weighted by Crippen LogP contribution is -2.35. The van der Waals surface area contributed by atoms with Gasteiger partial charge in [0.2, 0.25) is 0 Å². The molecule has 2 rings (SSSR count). The minimum atomic E-state index is -0.0471. The molecule has 0 bridgehead atoms. The molecule has 1 amide bonds. The maximum atomic E-state index is 12.2. The Bertz CT molecular complexity index is 413. The first-order valence-electron chi connectivity index (χ1n) is 6.69. The molecule has 1 unspecified atom stereocenters. The fraction of sp³-hybridized carbons (Fsp3) is 0.571. The van der Waals surface area contributed by atoms with E-state index in [1.165, 1.54) is 0 Å². The molecule has 2 heterocycles. The van der Waals surface area contributed by atoms with Crippen LogP contribution < -0.4 is 5.73 Å². The number of carbonyl (C=O) groups excluding carboxylic acids is 1. The molecule has 104 valence electrons. The minimum absolute atomic E-state index is 0.0471. The Hall–Kier alpha value is -1.46. The second-order valence-corrected chi connectivity index (χ2v) is 5.02. The van der Waals surface area contributed by atoms with Gasteiger partial charge in [-0.25, -0.2) is 0 Å². The van der Waals surface area contributed by atoms with E-state index in [0.29, 0.717) is 18.2 Å². The van der Waals surface area contributed by atoms with Crippen molar-refractivity contribution in [1.29, 1.82) is 0 Å². The molecular weight excluding hydrogens is 242 g/mol. The number of hydrogen-bond acceptors (Lipinski definition) is 4. The van der Waals surface area contributed by atoms with Crippen molar-refractivity contribution in [2.24, 2.45) is 11.7 Å². The monoisotopic (exact) mass is 263 g/mol. The molecule has 0 aliphatic carbocycles. The van der Waals surface area contributed by atoms with Crippen molar-refractivity contribution in [1.82, 2.24) is 9.88 Å². The largest absolute Gasteiger partial charge is 0.381 e. The number of hydrogen-bond donors (Lipinski definition) is 1. The van der Waals surface area contributed by atoms with Crippen LogP contribution in [0.4, 0.5) is 0 Å². The summed E-state index contributed by atoms with van der Waals surface area (Å²) < 4.78 is 5.43. The summed E-state index contributed by atoms with van der Waals surface area (Å²) in [5.41, 5.74) is 6.91. The molecule has 1 aromatic heterocycles. The quantitative estimate of drug-likeness (QED) is 0.881. The van der Waals surface area contributed by atoms with E-state index >= 15 is 0 Å². The fourth-order valence-corrected chi connectivity index (χ4v) is 2.29. The fourth-order valence-electron chi connectivity index (χ4n) is 2.29. The van der Waals surface area contributed by atoms with Crippen molar-refractivity contribution in [2.45, 2.75) is 19.4 Å². The molecule has 1 aliphatic rings. The van der Waals surface area contributed by atoms with Crippen LogP contribution in [0.2, 0.25) is 0 Å². The van der Waals surface area contributed by atoms with Crippen LogP contribution >= 0.6 is 0 Å². The van der Waals surface area contributed by atoms with Crippen LogP contribution in [0.3, 0.4) is 0 Å². The molecule has 5 nitrogen and oxygen atoms in total. The molecule has 1 saturated heterocycles. The van der Waals surface area contributed by atoms with Crippen molar-refractivity contribution in [3.63, 3.8) is 0 Å². The molecule has 1 fully saturated rings. The van der Waals surface area contributed by atoms with E-state index in [-0.39, 0.29) is 5.91 Å². The zero-order chi connectivity index (χ0) is 13.7. The highest BCUT2D eigenvalue weighted by Gasteiger charge is 2.20. The molecular formula is C14H21N3O2. The summed E-state index contributed by atoms with van der Waals surface area (Å²) in [6.45, 7) is 2.75. The van der Waals surface area contributed by atoms with Crippen LogP contribution in [0, 0.1) is 5.92 Å². The molecule has 5 heteroatoms. The van der Waals surface area contributed by atoms with Gasteiger partial charge in [0.05, 0.1) is 6.61 Å². The lowest BCUT2D eigenvalue weighted by atomic mass is 10.0. The number of amides is 1. The number of ether oxygens (including phenoxy) is 1. The SMILES string of the molecule is CN(CC1CCCOC1)C(=O)c1ccc(CN)cn1. The van der Waals surface area contributed by atoms with Gasteiger partial charge in [-0.15, -0.1) is 0 Å². The van der Waals surface area contributed by atoms with Crippen molar-refractivity contribution in [3.05, 3.63) is 29.6 Å². The van der Waals surface area contributed by atoms with Gasteiger partial charge in [0.25, 0.3) is 5.91 Å². The van der Waals surface area contributed by atoms with E-state index in [1.54, 1.807) is 17.2 Å². The smallest absolute Gasteiger partial charge is 0.272 e. The van der Waals surface area contributed by atoms with Crippen molar-refractivity contribution in [3.8, 4) is 0 Å². The molecule has 0 saturated carbocycles. The zero-order valence-corrected chi connectivity index (χ0v) is 11.3. The van der Waals surface area contributed by atoms with Gasteiger partial charge in [0.1, 0.15) is 5.69 Å². The number of nitrogens with two attached hydrogens (primary N) is 1. The number of nitrogens with zero attached hydrogens (tertiary/aromatic N) is 2. The lowest BCUT2D eigenvalue weighted by Gasteiger charge is -2.27. The first-order valence-corrected chi connectivity index (χ1v) is 6.69. The second kappa shape index (κ2) is 6.63. The van der Waals surface area contributed by atoms with Crippen molar-refractivity contribution >= 4 is 5.91 Å². The van der Waals surface area contributed by atoms with Crippen LogP contribution in [-0.2, 0) is 11.3 Å². The van der Waals surface area contributed by atoms with Crippen LogP contribution in [0.5, 0.6) is 0 Å². The average molecular weight is 263 g/mol. The zero-order valence-electron chi connectivity index (χ0n) is 11.3. The second-order valence-electron chi connectivity index (χ2n) is 5.02. The molecule has 2 N–H and O–H groups in total. The number of rotatable bonds is 4. The van der Waals surface area contributed by atoms with E-state index < -0.39 is 0 Å². The Labute approximate surface area is 113 Å². The third kappa shape index (κ3) is 3.75. The number of pyridine rings is 1. The summed E-state index contributed by atoms with van der Waals surface area (Å²) >= 11 is 0. The Kier molecular flexibility index (Phi) is 4.87. The Morgan fingerprint density at radius 3 is 3.00 bits per heavy atom. The highest BCUT2D eigenvalue weighted by Crippen LogP contribution is 2.15. The average Bonchev–Trinajstić information content (AvgIpc) is 2.47. The maximum Gasteiger partial charge on any atom is 0.272 e. The Balaban J connectivity index is 1.93. The first kappa shape index (κ1) is 14.0. The summed E-state index contributed by atoms with van der Waals surface area (Å²) in [6.07, 6.45) is 3.86. The summed E-state index contributed by atoms with van der Waals surface area (Å²) in [5, 5.41) is 0. The standard InChI is InChI=1S/C14H21N3O2/c1-17(9-12-3-2-6-19-10-12)14(18)13-5-4-11(7-15)8-16-13/h4-5,8,12H,2-3,6-7,9-10,15H2,1H3.